The summed E-state index contributed by atoms with van der Waals surface area (Å²) in [7, 11) is 0. The fourth-order valence-corrected chi connectivity index (χ4v) is 3.58. The molecule has 0 aliphatic rings. The van der Waals surface area contributed by atoms with Gasteiger partial charge in [0.05, 0.1) is 5.69 Å². The number of para-hydroxylation sites is 1. The minimum Gasteiger partial charge on any atom is -0.422 e. The van der Waals surface area contributed by atoms with E-state index in [1.807, 2.05) is 0 Å². The van der Waals surface area contributed by atoms with Crippen molar-refractivity contribution >= 4 is 33.3 Å². The average Bonchev–Trinajstić information content (AvgIpc) is 3.03. The van der Waals surface area contributed by atoms with Gasteiger partial charge in [-0.3, -0.25) is 10.1 Å². The van der Waals surface area contributed by atoms with E-state index in [0.29, 0.717) is 27.1 Å². The van der Waals surface area contributed by atoms with Crippen molar-refractivity contribution in [3.63, 3.8) is 0 Å². The highest BCUT2D eigenvalue weighted by atomic mass is 32.1. The van der Waals surface area contributed by atoms with Crippen molar-refractivity contribution < 1.29 is 18.0 Å². The molecule has 1 N–H and O–H groups in total. The summed E-state index contributed by atoms with van der Waals surface area (Å²) in [6.07, 6.45) is 0. The minimum absolute atomic E-state index is 0.152. The smallest absolute Gasteiger partial charge is 0.349 e. The third-order valence-corrected chi connectivity index (χ3v) is 4.98. The standard InChI is InChI=1S/C20H12F2N2O3S/c1-10-17(12-6-7-14(21)15(22)9-12)23-20(28-10)24-18(25)13-8-11-4-2-3-5-16(11)27-19(13)26/h2-9H,1H3,(H,23,24,25). The van der Waals surface area contributed by atoms with Crippen LogP contribution in [0.5, 0.6) is 0 Å². The van der Waals surface area contributed by atoms with Gasteiger partial charge >= 0.3 is 5.63 Å². The van der Waals surface area contributed by atoms with Crippen LogP contribution in [0.25, 0.3) is 22.2 Å². The number of aromatic nitrogens is 1. The Balaban J connectivity index is 1.65. The molecule has 2 aromatic carbocycles. The fourth-order valence-electron chi connectivity index (χ4n) is 2.75. The molecule has 2 heterocycles. The summed E-state index contributed by atoms with van der Waals surface area (Å²) >= 11 is 1.16. The molecular weight excluding hydrogens is 386 g/mol. The molecular formula is C20H12F2N2O3S. The predicted molar refractivity (Wildman–Crippen MR) is 103 cm³/mol. The van der Waals surface area contributed by atoms with Crippen molar-refractivity contribution in [2.24, 2.45) is 0 Å². The van der Waals surface area contributed by atoms with Gasteiger partial charge < -0.3 is 4.42 Å². The number of anilines is 1. The average molecular weight is 398 g/mol. The van der Waals surface area contributed by atoms with Crippen molar-refractivity contribution in [1.82, 2.24) is 4.98 Å². The Hall–Kier alpha value is -3.39. The summed E-state index contributed by atoms with van der Waals surface area (Å²) in [5.41, 5.74) is 0.282. The molecule has 4 aromatic rings. The molecule has 0 aliphatic carbocycles. The Morgan fingerprint density at radius 3 is 2.68 bits per heavy atom. The molecule has 0 fully saturated rings. The lowest BCUT2D eigenvalue weighted by molar-refractivity contribution is 0.102. The molecule has 0 bridgehead atoms. The van der Waals surface area contributed by atoms with E-state index >= 15 is 0 Å². The predicted octanol–water partition coefficient (Wildman–Crippen LogP) is 4.76. The number of aryl methyl sites for hydroxylation is 1. The second kappa shape index (κ2) is 6.97. The van der Waals surface area contributed by atoms with Gasteiger partial charge in [-0.1, -0.05) is 18.2 Å². The lowest BCUT2D eigenvalue weighted by Gasteiger charge is -2.02. The van der Waals surface area contributed by atoms with E-state index in [-0.39, 0.29) is 10.7 Å². The number of fused-ring (bicyclic) bond motifs is 1. The summed E-state index contributed by atoms with van der Waals surface area (Å²) in [5.74, 6) is -2.59. The number of hydrogen-bond acceptors (Lipinski definition) is 5. The van der Waals surface area contributed by atoms with E-state index in [2.05, 4.69) is 10.3 Å². The van der Waals surface area contributed by atoms with Crippen LogP contribution >= 0.6 is 11.3 Å². The largest absolute Gasteiger partial charge is 0.422 e. The summed E-state index contributed by atoms with van der Waals surface area (Å²) in [4.78, 5) is 29.6. The zero-order chi connectivity index (χ0) is 19.8. The van der Waals surface area contributed by atoms with Gasteiger partial charge in [0, 0.05) is 15.8 Å². The molecule has 0 atom stereocenters. The third kappa shape index (κ3) is 3.29. The maximum absolute atomic E-state index is 13.5. The highest BCUT2D eigenvalue weighted by Gasteiger charge is 2.18. The second-order valence-corrected chi connectivity index (χ2v) is 7.20. The van der Waals surface area contributed by atoms with E-state index in [4.69, 9.17) is 4.42 Å². The van der Waals surface area contributed by atoms with Crippen LogP contribution in [0.2, 0.25) is 0 Å². The highest BCUT2D eigenvalue weighted by molar-refractivity contribution is 7.16. The number of nitrogens with one attached hydrogen (secondary N) is 1. The zero-order valence-electron chi connectivity index (χ0n) is 14.5. The molecule has 0 saturated heterocycles. The first-order valence-electron chi connectivity index (χ1n) is 8.19. The van der Waals surface area contributed by atoms with Gasteiger partial charge in [0.1, 0.15) is 11.1 Å². The van der Waals surface area contributed by atoms with Crippen LogP contribution in [0.1, 0.15) is 15.2 Å². The van der Waals surface area contributed by atoms with Crippen LogP contribution in [0.4, 0.5) is 13.9 Å². The molecule has 8 heteroatoms. The number of carbonyl (C=O) groups is 1. The quantitative estimate of drug-likeness (QED) is 0.505. The van der Waals surface area contributed by atoms with E-state index in [1.54, 1.807) is 31.2 Å². The summed E-state index contributed by atoms with van der Waals surface area (Å²) in [6.45, 7) is 1.74. The van der Waals surface area contributed by atoms with E-state index in [0.717, 1.165) is 23.5 Å². The number of thiazole rings is 1. The number of hydrogen-bond donors (Lipinski definition) is 1. The highest BCUT2D eigenvalue weighted by Crippen LogP contribution is 2.31. The first-order chi connectivity index (χ1) is 13.4. The van der Waals surface area contributed by atoms with Crippen molar-refractivity contribution in [3.8, 4) is 11.3 Å². The molecule has 1 amide bonds. The summed E-state index contributed by atoms with van der Waals surface area (Å²) in [5, 5.41) is 3.41. The van der Waals surface area contributed by atoms with Crippen LogP contribution in [0.3, 0.4) is 0 Å². The van der Waals surface area contributed by atoms with Gasteiger partial charge in [-0.15, -0.1) is 11.3 Å². The monoisotopic (exact) mass is 398 g/mol. The molecule has 0 aliphatic heterocycles. The molecule has 0 unspecified atom stereocenters. The molecule has 4 rings (SSSR count). The fraction of sp³-hybridized carbons (Fsp3) is 0.0500. The lowest BCUT2D eigenvalue weighted by Crippen LogP contribution is -2.20. The minimum atomic E-state index is -0.982. The molecule has 0 saturated carbocycles. The Kier molecular flexibility index (Phi) is 4.48. The topological polar surface area (TPSA) is 72.2 Å². The maximum Gasteiger partial charge on any atom is 0.349 e. The summed E-state index contributed by atoms with van der Waals surface area (Å²) < 4.78 is 31.8. The molecule has 0 radical (unpaired) electrons. The van der Waals surface area contributed by atoms with Gasteiger partial charge in [0.25, 0.3) is 5.91 Å². The van der Waals surface area contributed by atoms with E-state index in [9.17, 15) is 18.4 Å². The molecule has 28 heavy (non-hydrogen) atoms. The SMILES string of the molecule is Cc1sc(NC(=O)c2cc3ccccc3oc2=O)nc1-c1ccc(F)c(F)c1. The lowest BCUT2D eigenvalue weighted by atomic mass is 10.1. The van der Waals surface area contributed by atoms with Crippen molar-refractivity contribution in [1.29, 1.82) is 0 Å². The van der Waals surface area contributed by atoms with E-state index in [1.165, 1.54) is 12.1 Å². The molecule has 0 spiro atoms. The number of halogens is 2. The second-order valence-electron chi connectivity index (χ2n) is 5.99. The zero-order valence-corrected chi connectivity index (χ0v) is 15.3. The van der Waals surface area contributed by atoms with Crippen LogP contribution < -0.4 is 10.9 Å². The number of nitrogens with zero attached hydrogens (tertiary/aromatic N) is 1. The van der Waals surface area contributed by atoms with Crippen LogP contribution in [0, 0.1) is 18.6 Å². The van der Waals surface area contributed by atoms with Crippen molar-refractivity contribution in [2.75, 3.05) is 5.32 Å². The van der Waals surface area contributed by atoms with Gasteiger partial charge in [-0.2, -0.15) is 0 Å². The Morgan fingerprint density at radius 1 is 1.11 bits per heavy atom. The van der Waals surface area contributed by atoms with Gasteiger partial charge in [-0.25, -0.2) is 18.6 Å². The van der Waals surface area contributed by atoms with Crippen LogP contribution in [-0.4, -0.2) is 10.9 Å². The van der Waals surface area contributed by atoms with E-state index < -0.39 is 23.2 Å². The van der Waals surface area contributed by atoms with Crippen LogP contribution in [0.15, 0.2) is 57.7 Å². The summed E-state index contributed by atoms with van der Waals surface area (Å²) in [6, 6.07) is 11.8. The first-order valence-corrected chi connectivity index (χ1v) is 9.01. The third-order valence-electron chi connectivity index (χ3n) is 4.10. The number of rotatable bonds is 3. The van der Waals surface area contributed by atoms with Gasteiger partial charge in [0.2, 0.25) is 0 Å². The molecule has 2 aromatic heterocycles. The molecule has 140 valence electrons. The number of amides is 1. The number of carbonyl (C=O) groups excluding carboxylic acids is 1. The van der Waals surface area contributed by atoms with Gasteiger partial charge in [-0.05, 0) is 37.3 Å². The Morgan fingerprint density at radius 2 is 1.89 bits per heavy atom. The van der Waals surface area contributed by atoms with Crippen molar-refractivity contribution in [2.45, 2.75) is 6.92 Å². The van der Waals surface area contributed by atoms with Crippen LogP contribution in [-0.2, 0) is 0 Å². The Labute approximate surface area is 161 Å². The first kappa shape index (κ1) is 18.0. The number of benzene rings is 2. The van der Waals surface area contributed by atoms with Gasteiger partial charge in [0.15, 0.2) is 16.8 Å². The Bertz CT molecular complexity index is 1280. The normalized spacial score (nSPS) is 11.0. The van der Waals surface area contributed by atoms with Crippen molar-refractivity contribution in [3.05, 3.63) is 81.0 Å². The maximum atomic E-state index is 13.5. The molecule has 5 nitrogen and oxygen atoms in total.